The van der Waals surface area contributed by atoms with Crippen LogP contribution in [-0.4, -0.2) is 5.91 Å². The molecule has 0 unspecified atom stereocenters. The van der Waals surface area contributed by atoms with E-state index in [-0.39, 0.29) is 18.0 Å². The molecule has 0 saturated carbocycles. The van der Waals surface area contributed by atoms with Gasteiger partial charge in [-0.15, -0.1) is 0 Å². The van der Waals surface area contributed by atoms with Gasteiger partial charge in [0.25, 0.3) is 5.91 Å². The molecule has 0 fully saturated rings. The van der Waals surface area contributed by atoms with E-state index < -0.39 is 5.91 Å². The van der Waals surface area contributed by atoms with Crippen molar-refractivity contribution >= 4 is 56.2 Å². The molecule has 7 heteroatoms. The van der Waals surface area contributed by atoms with Crippen LogP contribution in [0.25, 0.3) is 6.08 Å². The number of benzene rings is 3. The fourth-order valence-corrected chi connectivity index (χ4v) is 4.64. The summed E-state index contributed by atoms with van der Waals surface area (Å²) in [4.78, 5) is 12.6. The summed E-state index contributed by atoms with van der Waals surface area (Å²) in [6, 6.07) is 19.2. The zero-order valence-corrected chi connectivity index (χ0v) is 20.9. The highest BCUT2D eigenvalue weighted by Gasteiger charge is 2.13. The topological polar surface area (TPSA) is 62.1 Å². The summed E-state index contributed by atoms with van der Waals surface area (Å²) in [5.41, 5.74) is 3.32. The first-order chi connectivity index (χ1) is 15.4. The summed E-state index contributed by atoms with van der Waals surface area (Å²) in [6.07, 6.45) is 2.45. The van der Waals surface area contributed by atoms with Crippen molar-refractivity contribution in [3.8, 4) is 11.8 Å². The average molecular weight is 605 g/mol. The minimum atomic E-state index is -0.473. The van der Waals surface area contributed by atoms with E-state index in [4.69, 9.17) is 4.74 Å². The maximum atomic E-state index is 13.1. The fourth-order valence-electron chi connectivity index (χ4n) is 2.87. The number of aryl methyl sites for hydroxylation is 1. The molecule has 0 atom stereocenters. The van der Waals surface area contributed by atoms with Gasteiger partial charge in [-0.3, -0.25) is 4.79 Å². The summed E-state index contributed by atoms with van der Waals surface area (Å²) < 4.78 is 20.4. The second kappa shape index (κ2) is 11.2. The van der Waals surface area contributed by atoms with Crippen LogP contribution in [0.2, 0.25) is 0 Å². The van der Waals surface area contributed by atoms with Crippen LogP contribution in [-0.2, 0) is 17.8 Å². The lowest BCUT2D eigenvalue weighted by Gasteiger charge is -2.12. The summed E-state index contributed by atoms with van der Waals surface area (Å²) >= 11 is 5.63. The first-order valence-corrected chi connectivity index (χ1v) is 11.6. The van der Waals surface area contributed by atoms with E-state index in [0.717, 1.165) is 15.6 Å². The summed E-state index contributed by atoms with van der Waals surface area (Å²) in [5, 5.41) is 12.2. The molecule has 3 aromatic rings. The Morgan fingerprint density at radius 1 is 1.16 bits per heavy atom. The van der Waals surface area contributed by atoms with Crippen LogP contribution >= 0.6 is 38.5 Å². The number of carbonyl (C=O) groups excluding carboxylic acids is 1. The molecule has 3 rings (SSSR count). The van der Waals surface area contributed by atoms with Crippen LogP contribution in [0.3, 0.4) is 0 Å². The number of hydrogen-bond donors (Lipinski definition) is 1. The van der Waals surface area contributed by atoms with Gasteiger partial charge in [-0.25, -0.2) is 4.39 Å². The van der Waals surface area contributed by atoms with Gasteiger partial charge in [-0.1, -0.05) is 31.2 Å². The molecular formula is C25H19BrFIN2O2. The molecule has 0 radical (unpaired) electrons. The van der Waals surface area contributed by atoms with Gasteiger partial charge in [-0.05, 0) is 104 Å². The van der Waals surface area contributed by atoms with Crippen molar-refractivity contribution in [2.45, 2.75) is 20.0 Å². The molecule has 0 saturated heterocycles. The van der Waals surface area contributed by atoms with Crippen molar-refractivity contribution in [2.75, 3.05) is 5.32 Å². The lowest BCUT2D eigenvalue weighted by atomic mass is 10.1. The van der Waals surface area contributed by atoms with Gasteiger partial charge in [0.1, 0.15) is 29.8 Å². The van der Waals surface area contributed by atoms with Gasteiger partial charge in [0, 0.05) is 5.69 Å². The Labute approximate surface area is 208 Å². The summed E-state index contributed by atoms with van der Waals surface area (Å²) in [6.45, 7) is 2.34. The average Bonchev–Trinajstić information content (AvgIpc) is 2.78. The molecule has 1 amide bonds. The minimum Gasteiger partial charge on any atom is -0.487 e. The first-order valence-electron chi connectivity index (χ1n) is 9.78. The maximum Gasteiger partial charge on any atom is 0.266 e. The van der Waals surface area contributed by atoms with E-state index in [2.05, 4.69) is 50.8 Å². The zero-order chi connectivity index (χ0) is 23.1. The molecule has 0 aromatic heterocycles. The number of nitriles is 1. The SMILES string of the molecule is CCc1ccc(NC(=O)/C(C#N)=C/c2cc(Br)c(OCc3ccc(F)cc3)c(I)c2)cc1. The predicted octanol–water partition coefficient (Wildman–Crippen LogP) is 6.88. The lowest BCUT2D eigenvalue weighted by Crippen LogP contribution is -2.13. The third kappa shape index (κ3) is 6.40. The van der Waals surface area contributed by atoms with Crippen LogP contribution in [0, 0.1) is 20.7 Å². The van der Waals surface area contributed by atoms with Gasteiger partial charge in [0.2, 0.25) is 0 Å². The second-order valence-electron chi connectivity index (χ2n) is 6.90. The monoisotopic (exact) mass is 604 g/mol. The Kier molecular flexibility index (Phi) is 8.42. The van der Waals surface area contributed by atoms with E-state index in [1.165, 1.54) is 23.8 Å². The van der Waals surface area contributed by atoms with Gasteiger partial charge in [0.05, 0.1) is 8.04 Å². The molecule has 0 spiro atoms. The lowest BCUT2D eigenvalue weighted by molar-refractivity contribution is -0.112. The molecule has 162 valence electrons. The molecule has 32 heavy (non-hydrogen) atoms. The molecule has 0 aliphatic carbocycles. The van der Waals surface area contributed by atoms with Crippen molar-refractivity contribution in [3.63, 3.8) is 0 Å². The highest BCUT2D eigenvalue weighted by atomic mass is 127. The van der Waals surface area contributed by atoms with Crippen LogP contribution in [0.1, 0.15) is 23.6 Å². The third-order valence-electron chi connectivity index (χ3n) is 4.61. The number of rotatable bonds is 7. The molecule has 4 nitrogen and oxygen atoms in total. The largest absolute Gasteiger partial charge is 0.487 e. The quantitative estimate of drug-likeness (QED) is 0.182. The number of nitrogens with zero attached hydrogens (tertiary/aromatic N) is 1. The van der Waals surface area contributed by atoms with E-state index in [1.807, 2.05) is 36.4 Å². The van der Waals surface area contributed by atoms with Gasteiger partial charge in [-0.2, -0.15) is 5.26 Å². The summed E-state index contributed by atoms with van der Waals surface area (Å²) in [7, 11) is 0. The number of amides is 1. The summed E-state index contributed by atoms with van der Waals surface area (Å²) in [5.74, 6) is -0.137. The third-order valence-corrected chi connectivity index (χ3v) is 6.00. The number of hydrogen-bond acceptors (Lipinski definition) is 3. The highest BCUT2D eigenvalue weighted by molar-refractivity contribution is 14.1. The normalized spacial score (nSPS) is 11.0. The molecule has 0 bridgehead atoms. The van der Waals surface area contributed by atoms with E-state index in [9.17, 15) is 14.4 Å². The molecule has 3 aromatic carbocycles. The molecule has 0 heterocycles. The van der Waals surface area contributed by atoms with Gasteiger partial charge in [0.15, 0.2) is 0 Å². The number of ether oxygens (including phenoxy) is 1. The zero-order valence-electron chi connectivity index (χ0n) is 17.2. The Morgan fingerprint density at radius 2 is 1.81 bits per heavy atom. The fraction of sp³-hybridized carbons (Fsp3) is 0.120. The van der Waals surface area contributed by atoms with Crippen molar-refractivity contribution < 1.29 is 13.9 Å². The number of anilines is 1. The van der Waals surface area contributed by atoms with Crippen LogP contribution in [0.15, 0.2) is 70.7 Å². The van der Waals surface area contributed by atoms with E-state index >= 15 is 0 Å². The van der Waals surface area contributed by atoms with Crippen LogP contribution in [0.5, 0.6) is 5.75 Å². The van der Waals surface area contributed by atoms with Gasteiger partial charge >= 0.3 is 0 Å². The Bertz CT molecular complexity index is 1160. The van der Waals surface area contributed by atoms with Crippen molar-refractivity contribution in [1.29, 1.82) is 5.26 Å². The second-order valence-corrected chi connectivity index (χ2v) is 8.92. The molecular weight excluding hydrogens is 586 g/mol. The highest BCUT2D eigenvalue weighted by Crippen LogP contribution is 2.33. The number of nitrogens with one attached hydrogen (secondary N) is 1. The number of halogens is 3. The standard InChI is InChI=1S/C25H19BrFIN2O2/c1-2-16-5-9-21(10-6-16)30-25(31)19(14-29)11-18-12-22(26)24(23(28)13-18)32-15-17-3-7-20(27)8-4-17/h3-13H,2,15H2,1H3,(H,30,31)/b19-11+. The van der Waals surface area contributed by atoms with Crippen LogP contribution in [0.4, 0.5) is 10.1 Å². The van der Waals surface area contributed by atoms with Crippen molar-refractivity contribution in [1.82, 2.24) is 0 Å². The van der Waals surface area contributed by atoms with E-state index in [1.54, 1.807) is 18.2 Å². The predicted molar refractivity (Wildman–Crippen MR) is 136 cm³/mol. The Balaban J connectivity index is 1.74. The molecule has 0 aliphatic rings. The van der Waals surface area contributed by atoms with E-state index in [0.29, 0.717) is 21.5 Å². The molecule has 1 N–H and O–H groups in total. The van der Waals surface area contributed by atoms with Gasteiger partial charge < -0.3 is 10.1 Å². The first kappa shape index (κ1) is 24.0. The van der Waals surface area contributed by atoms with Crippen molar-refractivity contribution in [3.05, 3.63) is 96.8 Å². The maximum absolute atomic E-state index is 13.1. The minimum absolute atomic E-state index is 0.00718. The Morgan fingerprint density at radius 3 is 2.41 bits per heavy atom. The molecule has 0 aliphatic heterocycles. The number of carbonyl (C=O) groups is 1. The smallest absolute Gasteiger partial charge is 0.266 e. The van der Waals surface area contributed by atoms with Crippen molar-refractivity contribution in [2.24, 2.45) is 0 Å². The Hall–Kier alpha value is -2.70. The van der Waals surface area contributed by atoms with Crippen LogP contribution < -0.4 is 10.1 Å².